The van der Waals surface area contributed by atoms with E-state index in [1.165, 1.54) is 4.90 Å². The Labute approximate surface area is 116 Å². The highest BCUT2D eigenvalue weighted by molar-refractivity contribution is 5.80. The smallest absolute Gasteiger partial charge is 0.338 e. The average Bonchev–Trinajstić information content (AvgIpc) is 3.22. The van der Waals surface area contributed by atoms with E-state index < -0.39 is 18.0 Å². The van der Waals surface area contributed by atoms with Gasteiger partial charge >= 0.3 is 6.18 Å². The van der Waals surface area contributed by atoms with Crippen LogP contribution in [0, 0.1) is 23.2 Å². The molecule has 2 aliphatic carbocycles. The second kappa shape index (κ2) is 6.02. The Morgan fingerprint density at radius 2 is 1.85 bits per heavy atom. The quantitative estimate of drug-likeness (QED) is 0.797. The molecule has 0 N–H and O–H groups in total. The fourth-order valence-electron chi connectivity index (χ4n) is 3.06. The van der Waals surface area contributed by atoms with E-state index in [0.29, 0.717) is 19.3 Å². The van der Waals surface area contributed by atoms with Crippen LogP contribution in [0.3, 0.4) is 0 Å². The van der Waals surface area contributed by atoms with E-state index in [9.17, 15) is 18.0 Å². The standard InChI is InChI=1S/C14H19F3N2O/c15-14(16,17)12-5-2-1-4-11(12)13(20)19(9-3-8-18)10-6-7-10/h10-12H,1-7,9H2. The first-order chi connectivity index (χ1) is 9.45. The number of nitrogens with zero attached hydrogens (tertiary/aromatic N) is 2. The third kappa shape index (κ3) is 3.44. The number of alkyl halides is 3. The molecule has 6 heteroatoms. The maximum Gasteiger partial charge on any atom is 0.392 e. The molecular weight excluding hydrogens is 269 g/mol. The van der Waals surface area contributed by atoms with Crippen molar-refractivity contribution in [3.05, 3.63) is 0 Å². The number of hydrogen-bond donors (Lipinski definition) is 0. The van der Waals surface area contributed by atoms with Gasteiger partial charge in [0.05, 0.1) is 18.4 Å². The van der Waals surface area contributed by atoms with Gasteiger partial charge in [-0.1, -0.05) is 12.8 Å². The highest BCUT2D eigenvalue weighted by Gasteiger charge is 2.50. The molecule has 112 valence electrons. The minimum Gasteiger partial charge on any atom is -0.338 e. The predicted octanol–water partition coefficient (Wildman–Crippen LogP) is 3.26. The molecule has 2 rings (SSSR count). The fourth-order valence-corrected chi connectivity index (χ4v) is 3.06. The van der Waals surface area contributed by atoms with Gasteiger partial charge in [-0.25, -0.2) is 0 Å². The Bertz CT molecular complexity index is 398. The van der Waals surface area contributed by atoms with Crippen molar-refractivity contribution < 1.29 is 18.0 Å². The van der Waals surface area contributed by atoms with Crippen molar-refractivity contribution in [3.63, 3.8) is 0 Å². The number of rotatable bonds is 4. The molecule has 0 heterocycles. The van der Waals surface area contributed by atoms with Crippen LogP contribution in [0.1, 0.15) is 44.9 Å². The van der Waals surface area contributed by atoms with Crippen LogP contribution < -0.4 is 0 Å². The van der Waals surface area contributed by atoms with Crippen LogP contribution in [0.25, 0.3) is 0 Å². The van der Waals surface area contributed by atoms with E-state index in [0.717, 1.165) is 12.8 Å². The number of hydrogen-bond acceptors (Lipinski definition) is 2. The minimum atomic E-state index is -4.30. The van der Waals surface area contributed by atoms with Gasteiger partial charge in [-0.05, 0) is 25.7 Å². The molecule has 0 radical (unpaired) electrons. The van der Waals surface area contributed by atoms with E-state index in [1.807, 2.05) is 6.07 Å². The zero-order valence-electron chi connectivity index (χ0n) is 11.3. The Morgan fingerprint density at radius 3 is 2.40 bits per heavy atom. The summed E-state index contributed by atoms with van der Waals surface area (Å²) in [5.74, 6) is -2.83. The summed E-state index contributed by atoms with van der Waals surface area (Å²) in [6.45, 7) is 0.265. The maximum absolute atomic E-state index is 13.1. The summed E-state index contributed by atoms with van der Waals surface area (Å²) >= 11 is 0. The molecule has 0 aliphatic heterocycles. The lowest BCUT2D eigenvalue weighted by atomic mass is 9.78. The van der Waals surface area contributed by atoms with E-state index in [2.05, 4.69) is 0 Å². The molecule has 20 heavy (non-hydrogen) atoms. The third-order valence-corrected chi connectivity index (χ3v) is 4.24. The molecule has 0 aromatic heterocycles. The molecule has 0 aromatic carbocycles. The van der Waals surface area contributed by atoms with Crippen molar-refractivity contribution in [3.8, 4) is 6.07 Å². The van der Waals surface area contributed by atoms with Crippen LogP contribution in [0.4, 0.5) is 13.2 Å². The summed E-state index contributed by atoms with van der Waals surface area (Å²) in [6, 6.07) is 2.03. The molecule has 0 saturated heterocycles. The molecule has 3 nitrogen and oxygen atoms in total. The third-order valence-electron chi connectivity index (χ3n) is 4.24. The molecule has 2 saturated carbocycles. The summed E-state index contributed by atoms with van der Waals surface area (Å²) in [5.41, 5.74) is 0. The zero-order valence-corrected chi connectivity index (χ0v) is 11.3. The van der Waals surface area contributed by atoms with Crippen LogP contribution in [-0.4, -0.2) is 29.6 Å². The Morgan fingerprint density at radius 1 is 1.20 bits per heavy atom. The maximum atomic E-state index is 13.1. The second-order valence-electron chi connectivity index (χ2n) is 5.71. The molecule has 0 spiro atoms. The summed E-state index contributed by atoms with van der Waals surface area (Å²) in [5, 5.41) is 8.62. The molecule has 2 fully saturated rings. The zero-order chi connectivity index (χ0) is 14.8. The van der Waals surface area contributed by atoms with Gasteiger partial charge < -0.3 is 4.90 Å². The highest BCUT2D eigenvalue weighted by atomic mass is 19.4. The topological polar surface area (TPSA) is 44.1 Å². The monoisotopic (exact) mass is 288 g/mol. The Hall–Kier alpha value is -1.25. The van der Waals surface area contributed by atoms with Crippen molar-refractivity contribution in [1.82, 2.24) is 4.90 Å². The van der Waals surface area contributed by atoms with Crippen molar-refractivity contribution >= 4 is 5.91 Å². The first-order valence-electron chi connectivity index (χ1n) is 7.19. The lowest BCUT2D eigenvalue weighted by Gasteiger charge is -2.35. The molecule has 2 unspecified atom stereocenters. The molecular formula is C14H19F3N2O. The summed E-state index contributed by atoms with van der Waals surface area (Å²) < 4.78 is 39.2. The number of nitriles is 1. The lowest BCUT2D eigenvalue weighted by molar-refractivity contribution is -0.201. The largest absolute Gasteiger partial charge is 0.392 e. The van der Waals surface area contributed by atoms with Gasteiger partial charge in [0, 0.05) is 18.5 Å². The van der Waals surface area contributed by atoms with Gasteiger partial charge in [-0.3, -0.25) is 4.79 Å². The molecule has 2 aliphatic rings. The van der Waals surface area contributed by atoms with Gasteiger partial charge in [-0.2, -0.15) is 18.4 Å². The van der Waals surface area contributed by atoms with Gasteiger partial charge in [0.25, 0.3) is 0 Å². The van der Waals surface area contributed by atoms with Crippen LogP contribution in [0.15, 0.2) is 0 Å². The van der Waals surface area contributed by atoms with Crippen LogP contribution >= 0.6 is 0 Å². The van der Waals surface area contributed by atoms with E-state index in [1.54, 1.807) is 0 Å². The van der Waals surface area contributed by atoms with Gasteiger partial charge in [0.2, 0.25) is 5.91 Å². The molecule has 1 amide bonds. The summed E-state index contributed by atoms with van der Waals surface area (Å²) in [6.07, 6.45) is -0.831. The van der Waals surface area contributed by atoms with Crippen LogP contribution in [0.2, 0.25) is 0 Å². The van der Waals surface area contributed by atoms with Gasteiger partial charge in [-0.15, -0.1) is 0 Å². The minimum absolute atomic E-state index is 0.0522. The molecule has 0 aromatic rings. The van der Waals surface area contributed by atoms with Crippen molar-refractivity contribution in [2.24, 2.45) is 11.8 Å². The van der Waals surface area contributed by atoms with Gasteiger partial charge in [0.15, 0.2) is 0 Å². The SMILES string of the molecule is N#CCCN(C(=O)C1CCCCC1C(F)(F)F)C1CC1. The molecule has 0 bridgehead atoms. The Balaban J connectivity index is 2.09. The predicted molar refractivity (Wildman–Crippen MR) is 66.5 cm³/mol. The lowest BCUT2D eigenvalue weighted by Crippen LogP contribution is -2.45. The van der Waals surface area contributed by atoms with Gasteiger partial charge in [0.1, 0.15) is 0 Å². The first-order valence-corrected chi connectivity index (χ1v) is 7.19. The van der Waals surface area contributed by atoms with E-state index in [4.69, 9.17) is 5.26 Å². The number of carbonyl (C=O) groups is 1. The average molecular weight is 288 g/mol. The number of amides is 1. The normalized spacial score (nSPS) is 26.9. The van der Waals surface area contributed by atoms with Crippen molar-refractivity contribution in [2.45, 2.75) is 57.2 Å². The van der Waals surface area contributed by atoms with E-state index >= 15 is 0 Å². The number of carbonyl (C=O) groups excluding carboxylic acids is 1. The second-order valence-corrected chi connectivity index (χ2v) is 5.71. The number of halogens is 3. The molecule has 2 atom stereocenters. The Kier molecular flexibility index (Phi) is 4.56. The highest BCUT2D eigenvalue weighted by Crippen LogP contribution is 2.43. The fraction of sp³-hybridized carbons (Fsp3) is 0.857. The van der Waals surface area contributed by atoms with Crippen molar-refractivity contribution in [2.75, 3.05) is 6.54 Å². The first kappa shape index (κ1) is 15.1. The summed E-state index contributed by atoms with van der Waals surface area (Å²) in [7, 11) is 0. The van der Waals surface area contributed by atoms with Crippen molar-refractivity contribution in [1.29, 1.82) is 5.26 Å². The van der Waals surface area contributed by atoms with Crippen LogP contribution in [-0.2, 0) is 4.79 Å². The van der Waals surface area contributed by atoms with E-state index in [-0.39, 0.29) is 31.3 Å². The van der Waals surface area contributed by atoms with Crippen LogP contribution in [0.5, 0.6) is 0 Å². The summed E-state index contributed by atoms with van der Waals surface area (Å²) in [4.78, 5) is 14.0.